The predicted octanol–water partition coefficient (Wildman–Crippen LogP) is 3.29. The summed E-state index contributed by atoms with van der Waals surface area (Å²) < 4.78 is 13.1. The molecular weight excluding hydrogens is 347 g/mol. The third-order valence-corrected chi connectivity index (χ3v) is 3.91. The number of rotatable bonds is 6. The van der Waals surface area contributed by atoms with Gasteiger partial charge in [0.2, 0.25) is 0 Å². The number of anilines is 3. The highest BCUT2D eigenvalue weighted by molar-refractivity contribution is 5.99. The van der Waals surface area contributed by atoms with Gasteiger partial charge in [-0.2, -0.15) is 0 Å². The number of benzene rings is 1. The normalized spacial score (nSPS) is 11.5. The number of nitrogens with one attached hydrogen (secondary N) is 3. The summed E-state index contributed by atoms with van der Waals surface area (Å²) >= 11 is 0. The minimum Gasteiger partial charge on any atom is -0.363 e. The number of nitrogens with zero attached hydrogens (tertiary/aromatic N) is 3. The Morgan fingerprint density at radius 1 is 1.07 bits per heavy atom. The molecule has 0 spiro atoms. The van der Waals surface area contributed by atoms with Crippen molar-refractivity contribution in [1.82, 2.24) is 20.3 Å². The molecule has 0 aliphatic carbocycles. The van der Waals surface area contributed by atoms with Gasteiger partial charge in [0.05, 0.1) is 11.8 Å². The van der Waals surface area contributed by atoms with Crippen LogP contribution in [0, 0.1) is 5.82 Å². The van der Waals surface area contributed by atoms with Gasteiger partial charge in [-0.25, -0.2) is 14.4 Å². The molecule has 7 nitrogen and oxygen atoms in total. The zero-order valence-corrected chi connectivity index (χ0v) is 14.9. The fourth-order valence-corrected chi connectivity index (χ4v) is 2.49. The lowest BCUT2D eigenvalue weighted by Crippen LogP contribution is -2.21. The maximum atomic E-state index is 13.1. The van der Waals surface area contributed by atoms with Crippen molar-refractivity contribution in [2.45, 2.75) is 13.0 Å². The number of pyridine rings is 1. The fourth-order valence-electron chi connectivity index (χ4n) is 2.49. The minimum atomic E-state index is -0.301. The Morgan fingerprint density at radius 2 is 1.85 bits per heavy atom. The monoisotopic (exact) mass is 366 g/mol. The van der Waals surface area contributed by atoms with Gasteiger partial charge in [0.25, 0.3) is 5.91 Å². The number of halogens is 1. The van der Waals surface area contributed by atoms with Crippen LogP contribution in [0.25, 0.3) is 0 Å². The van der Waals surface area contributed by atoms with Crippen LogP contribution >= 0.6 is 0 Å². The zero-order chi connectivity index (χ0) is 19.2. The molecule has 3 N–H and O–H groups in total. The SMILES string of the molecule is CNC(=O)c1ccc(Nc2cnccn2)nc1N[C@@H](C)c1ccc(F)cc1. The second-order valence-corrected chi connectivity index (χ2v) is 5.81. The Bertz CT molecular complexity index is 917. The molecule has 1 atom stereocenters. The zero-order valence-electron chi connectivity index (χ0n) is 14.9. The largest absolute Gasteiger partial charge is 0.363 e. The molecule has 3 aromatic rings. The molecule has 0 aliphatic rings. The van der Waals surface area contributed by atoms with Gasteiger partial charge in [-0.3, -0.25) is 9.78 Å². The summed E-state index contributed by atoms with van der Waals surface area (Å²) in [6.07, 6.45) is 4.71. The van der Waals surface area contributed by atoms with Crippen LogP contribution in [0.3, 0.4) is 0 Å². The fraction of sp³-hybridized carbons (Fsp3) is 0.158. The van der Waals surface area contributed by atoms with Crippen LogP contribution in [0.2, 0.25) is 0 Å². The highest BCUT2D eigenvalue weighted by Crippen LogP contribution is 2.24. The highest BCUT2D eigenvalue weighted by Gasteiger charge is 2.16. The van der Waals surface area contributed by atoms with E-state index in [1.165, 1.54) is 12.1 Å². The van der Waals surface area contributed by atoms with Crippen LogP contribution in [0.15, 0.2) is 55.0 Å². The number of carbonyl (C=O) groups is 1. The van der Waals surface area contributed by atoms with Crippen LogP contribution in [0.1, 0.15) is 28.9 Å². The molecule has 2 heterocycles. The van der Waals surface area contributed by atoms with E-state index in [0.717, 1.165) is 5.56 Å². The summed E-state index contributed by atoms with van der Waals surface area (Å²) in [5.74, 6) is 0.889. The molecule has 3 rings (SSSR count). The lowest BCUT2D eigenvalue weighted by Gasteiger charge is -2.18. The number of hydrogen-bond donors (Lipinski definition) is 3. The van der Waals surface area contributed by atoms with Gasteiger partial charge < -0.3 is 16.0 Å². The van der Waals surface area contributed by atoms with Crippen LogP contribution in [0.5, 0.6) is 0 Å². The third kappa shape index (κ3) is 4.55. The molecule has 0 fully saturated rings. The molecule has 27 heavy (non-hydrogen) atoms. The maximum Gasteiger partial charge on any atom is 0.254 e. The number of hydrogen-bond acceptors (Lipinski definition) is 6. The molecule has 1 aromatic carbocycles. The molecule has 0 aliphatic heterocycles. The molecule has 0 unspecified atom stereocenters. The summed E-state index contributed by atoms with van der Waals surface area (Å²) in [4.78, 5) is 24.8. The van der Waals surface area contributed by atoms with E-state index in [-0.39, 0.29) is 17.8 Å². The summed E-state index contributed by atoms with van der Waals surface area (Å²) in [5.41, 5.74) is 1.27. The minimum absolute atomic E-state index is 0.187. The van der Waals surface area contributed by atoms with E-state index in [9.17, 15) is 9.18 Å². The average Bonchev–Trinajstić information content (AvgIpc) is 2.69. The van der Waals surface area contributed by atoms with E-state index in [0.29, 0.717) is 23.0 Å². The highest BCUT2D eigenvalue weighted by atomic mass is 19.1. The van der Waals surface area contributed by atoms with Crippen LogP contribution in [-0.4, -0.2) is 27.9 Å². The van der Waals surface area contributed by atoms with E-state index in [4.69, 9.17) is 0 Å². The molecule has 138 valence electrons. The Morgan fingerprint density at radius 3 is 2.52 bits per heavy atom. The van der Waals surface area contributed by atoms with Gasteiger partial charge in [0, 0.05) is 25.5 Å². The van der Waals surface area contributed by atoms with Crippen molar-refractivity contribution in [2.75, 3.05) is 17.7 Å². The third-order valence-electron chi connectivity index (χ3n) is 3.91. The van der Waals surface area contributed by atoms with Gasteiger partial charge in [-0.1, -0.05) is 12.1 Å². The summed E-state index contributed by atoms with van der Waals surface area (Å²) in [6, 6.07) is 9.34. The molecule has 0 saturated heterocycles. The maximum absolute atomic E-state index is 13.1. The van der Waals surface area contributed by atoms with Gasteiger partial charge >= 0.3 is 0 Å². The first-order chi connectivity index (χ1) is 13.1. The Labute approximate surface area is 156 Å². The second-order valence-electron chi connectivity index (χ2n) is 5.81. The first-order valence-corrected chi connectivity index (χ1v) is 8.35. The van der Waals surface area contributed by atoms with Crippen molar-refractivity contribution in [3.63, 3.8) is 0 Å². The Hall–Kier alpha value is -3.55. The number of aromatic nitrogens is 3. The smallest absolute Gasteiger partial charge is 0.254 e. The molecular formula is C19H19FN6O. The summed E-state index contributed by atoms with van der Waals surface area (Å²) in [6.45, 7) is 1.91. The van der Waals surface area contributed by atoms with E-state index in [1.54, 1.807) is 49.9 Å². The van der Waals surface area contributed by atoms with Gasteiger partial charge in [-0.05, 0) is 36.8 Å². The van der Waals surface area contributed by atoms with Crippen LogP contribution in [-0.2, 0) is 0 Å². The van der Waals surface area contributed by atoms with Crippen molar-refractivity contribution < 1.29 is 9.18 Å². The van der Waals surface area contributed by atoms with E-state index >= 15 is 0 Å². The van der Waals surface area contributed by atoms with Crippen molar-refractivity contribution in [2.24, 2.45) is 0 Å². The van der Waals surface area contributed by atoms with Crippen LogP contribution in [0.4, 0.5) is 21.8 Å². The lowest BCUT2D eigenvalue weighted by atomic mass is 10.1. The van der Waals surface area contributed by atoms with Crippen molar-refractivity contribution >= 4 is 23.4 Å². The standard InChI is InChI=1S/C19H19FN6O/c1-12(13-3-5-14(20)6-4-13)24-18-15(19(27)21-2)7-8-16(26-18)25-17-11-22-9-10-23-17/h3-12H,1-2H3,(H,21,27)(H2,23,24,25,26)/t12-/m0/s1. The Kier molecular flexibility index (Phi) is 5.55. The summed E-state index contributed by atoms with van der Waals surface area (Å²) in [5, 5.41) is 8.86. The molecule has 2 aromatic heterocycles. The van der Waals surface area contributed by atoms with Gasteiger partial charge in [0.15, 0.2) is 0 Å². The van der Waals surface area contributed by atoms with Gasteiger partial charge in [0.1, 0.15) is 23.3 Å². The first kappa shape index (κ1) is 18.2. The second kappa shape index (κ2) is 8.22. The van der Waals surface area contributed by atoms with Gasteiger partial charge in [-0.15, -0.1) is 0 Å². The van der Waals surface area contributed by atoms with E-state index in [2.05, 4.69) is 30.9 Å². The number of amides is 1. The molecule has 0 bridgehead atoms. The van der Waals surface area contributed by atoms with Crippen molar-refractivity contribution in [3.8, 4) is 0 Å². The van der Waals surface area contributed by atoms with E-state index in [1.807, 2.05) is 6.92 Å². The van der Waals surface area contributed by atoms with Crippen molar-refractivity contribution in [3.05, 3.63) is 71.9 Å². The molecule has 8 heteroatoms. The lowest BCUT2D eigenvalue weighted by molar-refractivity contribution is 0.0963. The number of carbonyl (C=O) groups excluding carboxylic acids is 1. The molecule has 1 amide bonds. The predicted molar refractivity (Wildman–Crippen MR) is 101 cm³/mol. The topological polar surface area (TPSA) is 91.8 Å². The van der Waals surface area contributed by atoms with Crippen LogP contribution < -0.4 is 16.0 Å². The summed E-state index contributed by atoms with van der Waals surface area (Å²) in [7, 11) is 1.56. The van der Waals surface area contributed by atoms with Crippen molar-refractivity contribution in [1.29, 1.82) is 0 Å². The quantitative estimate of drug-likeness (QED) is 0.620. The average molecular weight is 366 g/mol. The van der Waals surface area contributed by atoms with E-state index < -0.39 is 0 Å². The first-order valence-electron chi connectivity index (χ1n) is 8.35. The Balaban J connectivity index is 1.88. The molecule has 0 radical (unpaired) electrons. The molecule has 0 saturated carbocycles.